The van der Waals surface area contributed by atoms with Crippen LogP contribution in [-0.2, 0) is 11.2 Å². The van der Waals surface area contributed by atoms with Crippen molar-refractivity contribution in [1.29, 1.82) is 0 Å². The van der Waals surface area contributed by atoms with Gasteiger partial charge in [-0.1, -0.05) is 18.2 Å². The molecule has 3 aromatic rings. The normalized spacial score (nSPS) is 17.4. The van der Waals surface area contributed by atoms with Gasteiger partial charge in [-0.05, 0) is 43.1 Å². The van der Waals surface area contributed by atoms with E-state index < -0.39 is 12.0 Å². The maximum Gasteiger partial charge on any atom is 0.325 e. The second kappa shape index (κ2) is 8.54. The lowest BCUT2D eigenvalue weighted by atomic mass is 10.0. The van der Waals surface area contributed by atoms with E-state index in [1.54, 1.807) is 0 Å². The summed E-state index contributed by atoms with van der Waals surface area (Å²) in [5.74, 6) is -0.782. The molecule has 2 aromatic heterocycles. The third-order valence-corrected chi connectivity index (χ3v) is 5.60. The molecule has 146 valence electrons. The van der Waals surface area contributed by atoms with Crippen LogP contribution in [0.4, 0.5) is 0 Å². The van der Waals surface area contributed by atoms with Gasteiger partial charge in [-0.25, -0.2) is 0 Å². The molecule has 6 heteroatoms. The van der Waals surface area contributed by atoms with Crippen molar-refractivity contribution in [2.45, 2.75) is 18.9 Å². The van der Waals surface area contributed by atoms with E-state index in [9.17, 15) is 9.90 Å². The molecule has 1 fully saturated rings. The lowest BCUT2D eigenvalue weighted by Gasteiger charge is -2.27. The summed E-state index contributed by atoms with van der Waals surface area (Å²) in [5, 5.41) is 11.0. The third kappa shape index (κ3) is 4.08. The number of benzene rings is 1. The van der Waals surface area contributed by atoms with Gasteiger partial charge in [0.05, 0.1) is 0 Å². The smallest absolute Gasteiger partial charge is 0.325 e. The molecule has 1 unspecified atom stereocenters. The number of nitrogens with zero attached hydrogens (tertiary/aromatic N) is 3. The van der Waals surface area contributed by atoms with E-state index in [-0.39, 0.29) is 0 Å². The second-order valence-electron chi connectivity index (χ2n) is 7.37. The molecular weight excluding hydrogens is 352 g/mol. The van der Waals surface area contributed by atoms with Crippen LogP contribution in [0, 0.1) is 0 Å². The van der Waals surface area contributed by atoms with Gasteiger partial charge in [-0.15, -0.1) is 0 Å². The number of aliphatic carboxylic acids is 1. The van der Waals surface area contributed by atoms with Crippen LogP contribution in [0.5, 0.6) is 0 Å². The van der Waals surface area contributed by atoms with Gasteiger partial charge in [-0.3, -0.25) is 14.7 Å². The summed E-state index contributed by atoms with van der Waals surface area (Å²) in [6.07, 6.45) is 7.49. The molecular formula is C22H26N4O2. The topological polar surface area (TPSA) is 72.5 Å². The lowest BCUT2D eigenvalue weighted by molar-refractivity contribution is -0.143. The van der Waals surface area contributed by atoms with Gasteiger partial charge < -0.3 is 15.0 Å². The van der Waals surface area contributed by atoms with Gasteiger partial charge in [0, 0.05) is 61.2 Å². The Morgan fingerprint density at radius 2 is 1.93 bits per heavy atom. The van der Waals surface area contributed by atoms with Gasteiger partial charge in [0.1, 0.15) is 6.04 Å². The Kier molecular flexibility index (Phi) is 5.69. The highest BCUT2D eigenvalue weighted by atomic mass is 16.4. The number of carboxylic acids is 1. The molecule has 1 aliphatic heterocycles. The zero-order valence-electron chi connectivity index (χ0n) is 15.9. The molecule has 0 bridgehead atoms. The molecule has 1 saturated heterocycles. The van der Waals surface area contributed by atoms with E-state index >= 15 is 0 Å². The average molecular weight is 378 g/mol. The number of hydrogen-bond acceptors (Lipinski definition) is 4. The van der Waals surface area contributed by atoms with Gasteiger partial charge in [0.15, 0.2) is 0 Å². The van der Waals surface area contributed by atoms with Gasteiger partial charge in [-0.2, -0.15) is 0 Å². The minimum atomic E-state index is -0.782. The molecule has 6 nitrogen and oxygen atoms in total. The van der Waals surface area contributed by atoms with Crippen molar-refractivity contribution in [2.24, 2.45) is 0 Å². The van der Waals surface area contributed by atoms with Crippen LogP contribution >= 0.6 is 0 Å². The van der Waals surface area contributed by atoms with E-state index in [1.165, 1.54) is 5.56 Å². The first kappa shape index (κ1) is 18.7. The SMILES string of the molecule is O=C(O)C(c1c[nH]c2ccccc12)N1CCCN(CCc2ccncc2)CC1. The van der Waals surface area contributed by atoms with E-state index in [2.05, 4.69) is 31.9 Å². The number of fused-ring (bicyclic) bond motifs is 1. The van der Waals surface area contributed by atoms with Crippen molar-refractivity contribution in [3.05, 3.63) is 66.1 Å². The average Bonchev–Trinajstić information content (AvgIpc) is 2.99. The standard InChI is InChI=1S/C22H26N4O2/c27-22(28)21(19-16-24-20-5-2-1-4-18(19)20)26-12-3-11-25(14-15-26)13-8-17-6-9-23-10-7-17/h1-2,4-7,9-10,16,21,24H,3,8,11-15H2,(H,27,28). The Morgan fingerprint density at radius 3 is 2.75 bits per heavy atom. The number of rotatable bonds is 6. The van der Waals surface area contributed by atoms with E-state index in [4.69, 9.17) is 0 Å². The molecule has 3 heterocycles. The van der Waals surface area contributed by atoms with Crippen molar-refractivity contribution in [1.82, 2.24) is 19.8 Å². The van der Waals surface area contributed by atoms with Crippen LogP contribution in [0.15, 0.2) is 55.0 Å². The fraction of sp³-hybridized carbons (Fsp3) is 0.364. The van der Waals surface area contributed by atoms with Crippen molar-refractivity contribution in [2.75, 3.05) is 32.7 Å². The molecule has 0 spiro atoms. The summed E-state index contributed by atoms with van der Waals surface area (Å²) in [4.78, 5) is 24.0. The summed E-state index contributed by atoms with van der Waals surface area (Å²) in [6, 6.07) is 11.4. The van der Waals surface area contributed by atoms with Crippen molar-refractivity contribution < 1.29 is 9.90 Å². The molecule has 1 atom stereocenters. The zero-order chi connectivity index (χ0) is 19.3. The number of hydrogen-bond donors (Lipinski definition) is 2. The highest BCUT2D eigenvalue weighted by Crippen LogP contribution is 2.29. The van der Waals surface area contributed by atoms with Crippen LogP contribution in [0.2, 0.25) is 0 Å². The van der Waals surface area contributed by atoms with Crippen LogP contribution < -0.4 is 0 Å². The Morgan fingerprint density at radius 1 is 1.11 bits per heavy atom. The highest BCUT2D eigenvalue weighted by Gasteiger charge is 2.30. The maximum atomic E-state index is 12.2. The number of pyridine rings is 1. The third-order valence-electron chi connectivity index (χ3n) is 5.60. The summed E-state index contributed by atoms with van der Waals surface area (Å²) in [7, 11) is 0. The fourth-order valence-electron chi connectivity index (χ4n) is 4.12. The maximum absolute atomic E-state index is 12.2. The molecule has 1 aromatic carbocycles. The van der Waals surface area contributed by atoms with Crippen LogP contribution in [-0.4, -0.2) is 63.6 Å². The number of aromatic nitrogens is 2. The van der Waals surface area contributed by atoms with E-state index in [0.29, 0.717) is 0 Å². The minimum absolute atomic E-state index is 0.615. The Bertz CT molecular complexity index is 924. The predicted molar refractivity (Wildman–Crippen MR) is 109 cm³/mol. The number of H-pyrrole nitrogens is 1. The first-order chi connectivity index (χ1) is 13.7. The summed E-state index contributed by atoms with van der Waals surface area (Å²) >= 11 is 0. The number of carbonyl (C=O) groups is 1. The van der Waals surface area contributed by atoms with Crippen molar-refractivity contribution in [3.8, 4) is 0 Å². The minimum Gasteiger partial charge on any atom is -0.480 e. The largest absolute Gasteiger partial charge is 0.480 e. The molecule has 0 saturated carbocycles. The molecule has 2 N–H and O–H groups in total. The molecule has 0 aliphatic carbocycles. The first-order valence-corrected chi connectivity index (χ1v) is 9.86. The molecule has 0 radical (unpaired) electrons. The molecule has 4 rings (SSSR count). The Labute approximate surface area is 164 Å². The summed E-state index contributed by atoms with van der Waals surface area (Å²) < 4.78 is 0. The van der Waals surface area contributed by atoms with E-state index in [0.717, 1.165) is 62.0 Å². The zero-order valence-corrected chi connectivity index (χ0v) is 15.9. The quantitative estimate of drug-likeness (QED) is 0.690. The lowest BCUT2D eigenvalue weighted by Crippen LogP contribution is -2.37. The number of para-hydroxylation sites is 1. The van der Waals surface area contributed by atoms with Crippen LogP contribution in [0.1, 0.15) is 23.6 Å². The molecule has 0 amide bonds. The predicted octanol–water partition coefficient (Wildman–Crippen LogP) is 2.94. The van der Waals surface area contributed by atoms with Gasteiger partial charge in [0.25, 0.3) is 0 Å². The van der Waals surface area contributed by atoms with Crippen molar-refractivity contribution >= 4 is 16.9 Å². The van der Waals surface area contributed by atoms with Gasteiger partial charge in [0.2, 0.25) is 0 Å². The van der Waals surface area contributed by atoms with Crippen LogP contribution in [0.3, 0.4) is 0 Å². The fourth-order valence-corrected chi connectivity index (χ4v) is 4.12. The Balaban J connectivity index is 1.45. The van der Waals surface area contributed by atoms with E-state index in [1.807, 2.05) is 42.9 Å². The van der Waals surface area contributed by atoms with Gasteiger partial charge >= 0.3 is 5.97 Å². The first-order valence-electron chi connectivity index (χ1n) is 9.86. The second-order valence-corrected chi connectivity index (χ2v) is 7.37. The monoisotopic (exact) mass is 378 g/mol. The van der Waals surface area contributed by atoms with Crippen LogP contribution in [0.25, 0.3) is 10.9 Å². The summed E-state index contributed by atoms with van der Waals surface area (Å²) in [5.41, 5.74) is 3.13. The van der Waals surface area contributed by atoms with Crippen molar-refractivity contribution in [3.63, 3.8) is 0 Å². The molecule has 28 heavy (non-hydrogen) atoms. The number of aromatic amines is 1. The summed E-state index contributed by atoms with van der Waals surface area (Å²) in [6.45, 7) is 4.43. The number of nitrogens with one attached hydrogen (secondary N) is 1. The highest BCUT2D eigenvalue weighted by molar-refractivity contribution is 5.89. The number of carboxylic acid groups (broad SMARTS) is 1. The molecule has 1 aliphatic rings. The Hall–Kier alpha value is -2.70.